The van der Waals surface area contributed by atoms with Gasteiger partial charge in [0.15, 0.2) is 0 Å². The summed E-state index contributed by atoms with van der Waals surface area (Å²) in [5, 5.41) is 93.0. The first kappa shape index (κ1) is 34.0. The molecule has 11 heteroatoms. The normalized spacial score (nSPS) is 36.8. The maximum absolute atomic E-state index is 12.6. The van der Waals surface area contributed by atoms with Gasteiger partial charge in [0.2, 0.25) is 0 Å². The zero-order valence-corrected chi connectivity index (χ0v) is 25.8. The molecule has 1 saturated carbocycles. The molecule has 2 aliphatic heterocycles. The predicted molar refractivity (Wildman–Crippen MR) is 167 cm³/mol. The van der Waals surface area contributed by atoms with Gasteiger partial charge in [-0.2, -0.15) is 0 Å². The number of ether oxygens (including phenoxy) is 2. The molecule has 9 N–H and O–H groups in total. The summed E-state index contributed by atoms with van der Waals surface area (Å²) in [5.74, 6) is 11.9. The first-order chi connectivity index (χ1) is 22.5. The van der Waals surface area contributed by atoms with Crippen LogP contribution in [0.15, 0.2) is 36.4 Å². The Kier molecular flexibility index (Phi) is 10.1. The molecular weight excluding hydrogens is 608 g/mol. The van der Waals surface area contributed by atoms with Crippen LogP contribution in [0.25, 0.3) is 11.1 Å². The molecule has 252 valence electrons. The molecule has 4 aliphatic rings. The van der Waals surface area contributed by atoms with E-state index in [0.717, 1.165) is 43.2 Å². The van der Waals surface area contributed by atoms with E-state index >= 15 is 0 Å². The van der Waals surface area contributed by atoms with Gasteiger partial charge in [0, 0.05) is 11.1 Å². The molecule has 10 unspecified atom stereocenters. The maximum Gasteiger partial charge on any atom is 0.147 e. The van der Waals surface area contributed by atoms with Crippen molar-refractivity contribution in [3.05, 3.63) is 58.7 Å². The Hall–Kier alpha value is -2.88. The van der Waals surface area contributed by atoms with Gasteiger partial charge >= 0.3 is 0 Å². The zero-order valence-electron chi connectivity index (χ0n) is 25.8. The lowest BCUT2D eigenvalue weighted by molar-refractivity contribution is -0.214. The van der Waals surface area contributed by atoms with Crippen LogP contribution in [-0.4, -0.2) is 120 Å². The van der Waals surface area contributed by atoms with E-state index in [4.69, 9.17) is 9.47 Å². The summed E-state index contributed by atoms with van der Waals surface area (Å²) < 4.78 is 11.1. The molecule has 2 aromatic carbocycles. The van der Waals surface area contributed by atoms with Gasteiger partial charge in [0.25, 0.3) is 0 Å². The van der Waals surface area contributed by atoms with Crippen molar-refractivity contribution < 1.29 is 55.4 Å². The maximum atomic E-state index is 12.6. The fourth-order valence-electron chi connectivity index (χ4n) is 7.32. The van der Waals surface area contributed by atoms with E-state index in [9.17, 15) is 46.0 Å². The number of aliphatic hydroxyl groups excluding tert-OH is 8. The average Bonchev–Trinajstić information content (AvgIpc) is 3.32. The highest BCUT2D eigenvalue weighted by Gasteiger charge is 2.45. The Morgan fingerprint density at radius 1 is 0.617 bits per heavy atom. The molecule has 0 amide bonds. The third kappa shape index (κ3) is 6.47. The van der Waals surface area contributed by atoms with Crippen molar-refractivity contribution in [1.82, 2.24) is 0 Å². The predicted octanol–water partition coefficient (Wildman–Crippen LogP) is -0.739. The quantitative estimate of drug-likeness (QED) is 0.189. The summed E-state index contributed by atoms with van der Waals surface area (Å²) in [7, 11) is 0. The third-order valence-corrected chi connectivity index (χ3v) is 10.0. The van der Waals surface area contributed by atoms with Crippen LogP contribution in [0.2, 0.25) is 0 Å². The molecule has 2 heterocycles. The van der Waals surface area contributed by atoms with Crippen molar-refractivity contribution >= 4 is 0 Å². The van der Waals surface area contributed by atoms with Gasteiger partial charge in [-0.05, 0) is 58.9 Å². The molecule has 11 nitrogen and oxygen atoms in total. The molecule has 6 rings (SSSR count). The Bertz CT molecular complexity index is 1460. The fraction of sp³-hybridized carbons (Fsp3) is 0.556. The van der Waals surface area contributed by atoms with Gasteiger partial charge in [0.05, 0.1) is 13.2 Å². The molecule has 47 heavy (non-hydrogen) atoms. The summed E-state index contributed by atoms with van der Waals surface area (Å²) in [6.45, 7) is -1.10. The summed E-state index contributed by atoms with van der Waals surface area (Å²) in [6, 6.07) is 11.0. The molecule has 0 bridgehead atoms. The van der Waals surface area contributed by atoms with Gasteiger partial charge in [-0.15, -0.1) is 0 Å². The Balaban J connectivity index is 1.33. The number of aliphatic hydroxyl groups is 9. The standard InChI is InChI=1S/C36H42O11/c37-17-28-32(41)34(43)30(39)26(46-28)12-8-19-6-10-22-23-11-7-20(9-13-27-31(40)35(44)33(42)29(18-38)47-27)15-25(23)36(45,24(22)14-19)16-21-4-2-1-3-5-21/h6-7,10-11,14-15,21,26-35,37-45H,1-5,16-18H2. The largest absolute Gasteiger partial charge is 0.394 e. The molecule has 2 aromatic rings. The number of rotatable bonds is 4. The van der Waals surface area contributed by atoms with Crippen molar-refractivity contribution in [1.29, 1.82) is 0 Å². The Morgan fingerprint density at radius 2 is 1.06 bits per heavy atom. The van der Waals surface area contributed by atoms with Crippen LogP contribution in [0.3, 0.4) is 0 Å². The van der Waals surface area contributed by atoms with E-state index < -0.39 is 79.9 Å². The molecule has 0 aromatic heterocycles. The first-order valence-corrected chi connectivity index (χ1v) is 16.2. The van der Waals surface area contributed by atoms with Crippen LogP contribution < -0.4 is 0 Å². The van der Waals surface area contributed by atoms with Gasteiger partial charge in [-0.3, -0.25) is 0 Å². The molecule has 0 spiro atoms. The van der Waals surface area contributed by atoms with Crippen LogP contribution in [0.1, 0.15) is 60.8 Å². The monoisotopic (exact) mass is 650 g/mol. The third-order valence-electron chi connectivity index (χ3n) is 10.0. The van der Waals surface area contributed by atoms with E-state index in [2.05, 4.69) is 23.7 Å². The van der Waals surface area contributed by atoms with Crippen LogP contribution in [-0.2, 0) is 15.1 Å². The topological polar surface area (TPSA) is 201 Å². The van der Waals surface area contributed by atoms with E-state index in [1.807, 2.05) is 24.3 Å². The van der Waals surface area contributed by atoms with Crippen molar-refractivity contribution in [2.45, 2.75) is 105 Å². The number of hydrogen-bond acceptors (Lipinski definition) is 11. The average molecular weight is 651 g/mol. The van der Waals surface area contributed by atoms with Gasteiger partial charge < -0.3 is 55.4 Å². The number of hydrogen-bond donors (Lipinski definition) is 9. The van der Waals surface area contributed by atoms with Crippen molar-refractivity contribution in [3.63, 3.8) is 0 Å². The number of benzene rings is 2. The molecule has 0 radical (unpaired) electrons. The highest BCUT2D eigenvalue weighted by molar-refractivity contribution is 5.81. The number of fused-ring (bicyclic) bond motifs is 3. The van der Waals surface area contributed by atoms with Crippen LogP contribution in [0.5, 0.6) is 0 Å². The highest BCUT2D eigenvalue weighted by atomic mass is 16.5. The Morgan fingerprint density at radius 3 is 1.49 bits per heavy atom. The smallest absolute Gasteiger partial charge is 0.147 e. The van der Waals surface area contributed by atoms with Crippen molar-refractivity contribution in [2.75, 3.05) is 13.2 Å². The molecule has 3 fully saturated rings. The summed E-state index contributed by atoms with van der Waals surface area (Å²) in [4.78, 5) is 0. The second-order valence-electron chi connectivity index (χ2n) is 13.1. The zero-order chi connectivity index (χ0) is 33.5. The van der Waals surface area contributed by atoms with E-state index in [-0.39, 0.29) is 0 Å². The lowest BCUT2D eigenvalue weighted by Crippen LogP contribution is -2.58. The molecule has 10 atom stereocenters. The van der Waals surface area contributed by atoms with E-state index in [0.29, 0.717) is 34.6 Å². The van der Waals surface area contributed by atoms with Crippen LogP contribution in [0.4, 0.5) is 0 Å². The van der Waals surface area contributed by atoms with Crippen LogP contribution in [0, 0.1) is 29.6 Å². The van der Waals surface area contributed by atoms with Gasteiger partial charge in [0.1, 0.15) is 66.6 Å². The summed E-state index contributed by atoms with van der Waals surface area (Å²) in [5.41, 5.74) is 2.75. The fourth-order valence-corrected chi connectivity index (χ4v) is 7.32. The molecular formula is C36H42O11. The van der Waals surface area contributed by atoms with Gasteiger partial charge in [-0.25, -0.2) is 0 Å². The lowest BCUT2D eigenvalue weighted by Gasteiger charge is -2.37. The van der Waals surface area contributed by atoms with Crippen molar-refractivity contribution in [3.8, 4) is 34.8 Å². The van der Waals surface area contributed by atoms with Gasteiger partial charge in [-0.1, -0.05) is 67.9 Å². The van der Waals surface area contributed by atoms with E-state index in [1.54, 1.807) is 12.1 Å². The minimum Gasteiger partial charge on any atom is -0.394 e. The molecule has 2 saturated heterocycles. The second-order valence-corrected chi connectivity index (χ2v) is 13.1. The Labute approximate surface area is 273 Å². The summed E-state index contributed by atoms with van der Waals surface area (Å²) in [6.07, 6.45) is -7.59. The molecule has 2 aliphatic carbocycles. The van der Waals surface area contributed by atoms with E-state index in [1.165, 1.54) is 0 Å². The highest BCUT2D eigenvalue weighted by Crippen LogP contribution is 2.52. The minimum atomic E-state index is -1.53. The SMILES string of the molecule is OCC1OC(C#Cc2ccc3c(c2)C(O)(CC2CCCCC2)c2cc(C#CC4OC(CO)C(O)C(O)C4O)ccc2-3)C(O)C(O)C1O. The minimum absolute atomic E-state index is 0.292. The summed E-state index contributed by atoms with van der Waals surface area (Å²) >= 11 is 0. The second kappa shape index (κ2) is 13.9. The lowest BCUT2D eigenvalue weighted by atomic mass is 9.76. The first-order valence-electron chi connectivity index (χ1n) is 16.2. The van der Waals surface area contributed by atoms with Crippen molar-refractivity contribution in [2.24, 2.45) is 5.92 Å². The van der Waals surface area contributed by atoms with Crippen LogP contribution >= 0.6 is 0 Å².